The van der Waals surface area contributed by atoms with E-state index in [-0.39, 0.29) is 0 Å². The van der Waals surface area contributed by atoms with Crippen LogP contribution < -0.4 is 10.2 Å². The molecule has 4 nitrogen and oxygen atoms in total. The highest BCUT2D eigenvalue weighted by molar-refractivity contribution is 7.99. The van der Waals surface area contributed by atoms with Gasteiger partial charge in [0.2, 0.25) is 0 Å². The van der Waals surface area contributed by atoms with Crippen molar-refractivity contribution < 1.29 is 0 Å². The van der Waals surface area contributed by atoms with Gasteiger partial charge < -0.3 is 10.2 Å². The van der Waals surface area contributed by atoms with E-state index in [1.807, 2.05) is 11.8 Å². The zero-order valence-electron chi connectivity index (χ0n) is 11.5. The first-order valence-electron chi connectivity index (χ1n) is 7.48. The van der Waals surface area contributed by atoms with Crippen LogP contribution in [0.1, 0.15) is 12.8 Å². The normalized spacial score (nSPS) is 31.8. The summed E-state index contributed by atoms with van der Waals surface area (Å²) < 4.78 is 0. The molecule has 1 N–H and O–H groups in total. The Balaban J connectivity index is 1.47. The standard InChI is InChI=1S/C15H20N4S/c1-2-12-7-11(1)8-13(12)18-14-9-15(17-10-16-14)19-3-5-20-6-4-19/h1-2,9-13H,3-8H2,(H,16,17,18). The van der Waals surface area contributed by atoms with Crippen molar-refractivity contribution in [3.63, 3.8) is 0 Å². The lowest BCUT2D eigenvalue weighted by Crippen LogP contribution is -2.33. The van der Waals surface area contributed by atoms with Crippen molar-refractivity contribution >= 4 is 23.4 Å². The quantitative estimate of drug-likeness (QED) is 0.865. The summed E-state index contributed by atoms with van der Waals surface area (Å²) in [6, 6.07) is 2.68. The highest BCUT2D eigenvalue weighted by Gasteiger charge is 2.35. The van der Waals surface area contributed by atoms with E-state index in [2.05, 4.69) is 38.4 Å². The van der Waals surface area contributed by atoms with Gasteiger partial charge in [0.1, 0.15) is 18.0 Å². The Kier molecular flexibility index (Phi) is 3.30. The van der Waals surface area contributed by atoms with Crippen molar-refractivity contribution in [1.29, 1.82) is 0 Å². The van der Waals surface area contributed by atoms with Crippen molar-refractivity contribution in [2.75, 3.05) is 34.8 Å². The second kappa shape index (κ2) is 5.28. The summed E-state index contributed by atoms with van der Waals surface area (Å²) in [4.78, 5) is 11.2. The van der Waals surface area contributed by atoms with E-state index in [9.17, 15) is 0 Å². The van der Waals surface area contributed by atoms with Crippen molar-refractivity contribution in [3.05, 3.63) is 24.5 Å². The van der Waals surface area contributed by atoms with Gasteiger partial charge in [-0.25, -0.2) is 9.97 Å². The van der Waals surface area contributed by atoms with Gasteiger partial charge in [-0.2, -0.15) is 11.8 Å². The van der Waals surface area contributed by atoms with Crippen LogP contribution >= 0.6 is 11.8 Å². The predicted molar refractivity (Wildman–Crippen MR) is 84.3 cm³/mol. The number of hydrogen-bond acceptors (Lipinski definition) is 5. The van der Waals surface area contributed by atoms with Gasteiger partial charge in [0.25, 0.3) is 0 Å². The highest BCUT2D eigenvalue weighted by atomic mass is 32.2. The van der Waals surface area contributed by atoms with Crippen LogP contribution in [-0.4, -0.2) is 40.6 Å². The van der Waals surface area contributed by atoms with Crippen molar-refractivity contribution in [2.24, 2.45) is 11.8 Å². The summed E-state index contributed by atoms with van der Waals surface area (Å²) in [7, 11) is 0. The molecule has 1 aromatic heterocycles. The molecule has 3 aliphatic rings. The Hall–Kier alpha value is -1.23. The van der Waals surface area contributed by atoms with Crippen LogP contribution in [0, 0.1) is 11.8 Å². The second-order valence-electron chi connectivity index (χ2n) is 5.89. The molecule has 5 heteroatoms. The number of aromatic nitrogens is 2. The van der Waals surface area contributed by atoms with E-state index < -0.39 is 0 Å². The molecule has 106 valence electrons. The molecule has 1 saturated heterocycles. The monoisotopic (exact) mass is 288 g/mol. The molecule has 3 atom stereocenters. The minimum atomic E-state index is 0.560. The fourth-order valence-electron chi connectivity index (χ4n) is 3.53. The number of anilines is 2. The molecular weight excluding hydrogens is 268 g/mol. The number of thioether (sulfide) groups is 1. The molecule has 1 aromatic rings. The van der Waals surface area contributed by atoms with Crippen molar-refractivity contribution in [2.45, 2.75) is 18.9 Å². The van der Waals surface area contributed by atoms with Gasteiger partial charge in [-0.3, -0.25) is 0 Å². The minimum Gasteiger partial charge on any atom is -0.367 e. The highest BCUT2D eigenvalue weighted by Crippen LogP contribution is 2.40. The molecule has 4 rings (SSSR count). The zero-order chi connectivity index (χ0) is 13.4. The van der Waals surface area contributed by atoms with Gasteiger partial charge in [0.05, 0.1) is 0 Å². The first kappa shape index (κ1) is 12.5. The first-order valence-corrected chi connectivity index (χ1v) is 8.63. The molecule has 2 fully saturated rings. The SMILES string of the molecule is C1=CC2CC1CC2Nc1cc(N2CCSCC2)ncn1. The molecule has 3 unspecified atom stereocenters. The smallest absolute Gasteiger partial charge is 0.134 e. The third-order valence-corrected chi connectivity index (χ3v) is 5.54. The Bertz CT molecular complexity index is 512. The lowest BCUT2D eigenvalue weighted by molar-refractivity contribution is 0.612. The summed E-state index contributed by atoms with van der Waals surface area (Å²) in [6.07, 6.45) is 9.01. The van der Waals surface area contributed by atoms with Crippen LogP contribution in [0.25, 0.3) is 0 Å². The van der Waals surface area contributed by atoms with E-state index in [1.54, 1.807) is 6.33 Å². The average Bonchev–Trinajstić information content (AvgIpc) is 3.11. The van der Waals surface area contributed by atoms with Crippen LogP contribution in [-0.2, 0) is 0 Å². The van der Waals surface area contributed by atoms with E-state index in [4.69, 9.17) is 0 Å². The summed E-state index contributed by atoms with van der Waals surface area (Å²) in [5.41, 5.74) is 0. The molecule has 1 aliphatic heterocycles. The molecule has 0 amide bonds. The first-order chi connectivity index (χ1) is 9.88. The predicted octanol–water partition coefficient (Wildman–Crippen LogP) is 2.41. The van der Waals surface area contributed by atoms with Gasteiger partial charge in [-0.05, 0) is 24.7 Å². The summed E-state index contributed by atoms with van der Waals surface area (Å²) in [5, 5.41) is 3.62. The molecule has 2 bridgehead atoms. The topological polar surface area (TPSA) is 41.0 Å². The van der Waals surface area contributed by atoms with Gasteiger partial charge in [0, 0.05) is 36.7 Å². The van der Waals surface area contributed by atoms with E-state index in [0.29, 0.717) is 12.0 Å². The van der Waals surface area contributed by atoms with Gasteiger partial charge in [-0.15, -0.1) is 0 Å². The second-order valence-corrected chi connectivity index (χ2v) is 7.12. The minimum absolute atomic E-state index is 0.560. The molecule has 0 spiro atoms. The number of hydrogen-bond donors (Lipinski definition) is 1. The third kappa shape index (κ3) is 2.39. The number of nitrogens with zero attached hydrogens (tertiary/aromatic N) is 3. The fourth-order valence-corrected chi connectivity index (χ4v) is 4.43. The van der Waals surface area contributed by atoms with Crippen molar-refractivity contribution in [3.8, 4) is 0 Å². The van der Waals surface area contributed by atoms with E-state index in [0.717, 1.165) is 30.6 Å². The van der Waals surface area contributed by atoms with Crippen LogP contribution in [0.5, 0.6) is 0 Å². The molecule has 1 saturated carbocycles. The molecule has 2 aliphatic carbocycles. The Labute approximate surface area is 124 Å². The number of allylic oxidation sites excluding steroid dienone is 1. The molecule has 0 radical (unpaired) electrons. The molecule has 20 heavy (non-hydrogen) atoms. The summed E-state index contributed by atoms with van der Waals surface area (Å²) >= 11 is 2.02. The number of rotatable bonds is 3. The van der Waals surface area contributed by atoms with E-state index >= 15 is 0 Å². The average molecular weight is 288 g/mol. The van der Waals surface area contributed by atoms with Gasteiger partial charge >= 0.3 is 0 Å². The summed E-state index contributed by atoms with van der Waals surface area (Å²) in [6.45, 7) is 2.19. The maximum absolute atomic E-state index is 4.44. The van der Waals surface area contributed by atoms with Crippen LogP contribution in [0.4, 0.5) is 11.6 Å². The zero-order valence-corrected chi connectivity index (χ0v) is 12.4. The largest absolute Gasteiger partial charge is 0.367 e. The lowest BCUT2D eigenvalue weighted by atomic mass is 10.0. The summed E-state index contributed by atoms with van der Waals surface area (Å²) in [5.74, 6) is 5.94. The maximum atomic E-state index is 4.44. The van der Waals surface area contributed by atoms with Gasteiger partial charge in [0.15, 0.2) is 0 Å². The Morgan fingerprint density at radius 3 is 2.80 bits per heavy atom. The van der Waals surface area contributed by atoms with Crippen LogP contribution in [0.2, 0.25) is 0 Å². The Morgan fingerprint density at radius 2 is 2.05 bits per heavy atom. The number of fused-ring (bicyclic) bond motifs is 2. The van der Waals surface area contributed by atoms with Crippen molar-refractivity contribution in [1.82, 2.24) is 9.97 Å². The molecule has 2 heterocycles. The maximum Gasteiger partial charge on any atom is 0.134 e. The molecule has 0 aromatic carbocycles. The van der Waals surface area contributed by atoms with E-state index in [1.165, 1.54) is 24.3 Å². The lowest BCUT2D eigenvalue weighted by Gasteiger charge is -2.28. The fraction of sp³-hybridized carbons (Fsp3) is 0.600. The van der Waals surface area contributed by atoms with Crippen LogP contribution in [0.3, 0.4) is 0 Å². The third-order valence-electron chi connectivity index (χ3n) is 4.60. The van der Waals surface area contributed by atoms with Crippen LogP contribution in [0.15, 0.2) is 24.5 Å². The molecular formula is C15H20N4S. The number of nitrogens with one attached hydrogen (secondary N) is 1. The Morgan fingerprint density at radius 1 is 1.15 bits per heavy atom. The van der Waals surface area contributed by atoms with Gasteiger partial charge in [-0.1, -0.05) is 12.2 Å².